The number of nitrogens with two attached hydrogens (primary N) is 1. The summed E-state index contributed by atoms with van der Waals surface area (Å²) in [5.74, 6) is 0.396. The lowest BCUT2D eigenvalue weighted by molar-refractivity contribution is -0.137. The van der Waals surface area contributed by atoms with E-state index in [-0.39, 0.29) is 30.1 Å². The van der Waals surface area contributed by atoms with E-state index in [4.69, 9.17) is 10.3 Å². The normalized spacial score (nSPS) is 13.2. The standard InChI is InChI=1S/C21H19F3N6O2/c1-26-9-14-19(27-10-28-20(14)25)17(31)5-3-13-8-18(32-30-13)16-7-11-6-12(21(22,23)24)2-4-15(11)29-16/h2,4,6,8,10,26H,3,5,7,9H2,1H3,(H2,25,27,28). The summed E-state index contributed by atoms with van der Waals surface area (Å²) >= 11 is 0. The number of halogens is 3. The van der Waals surface area contributed by atoms with Crippen LogP contribution in [0.3, 0.4) is 0 Å². The highest BCUT2D eigenvalue weighted by atomic mass is 19.4. The maximum Gasteiger partial charge on any atom is 0.416 e. The van der Waals surface area contributed by atoms with Gasteiger partial charge in [-0.15, -0.1) is 0 Å². The van der Waals surface area contributed by atoms with Crippen LogP contribution in [-0.4, -0.2) is 33.7 Å². The molecule has 0 radical (unpaired) electrons. The maximum atomic E-state index is 12.9. The van der Waals surface area contributed by atoms with Crippen molar-refractivity contribution < 1.29 is 22.5 Å². The van der Waals surface area contributed by atoms with E-state index in [1.54, 1.807) is 13.1 Å². The molecular weight excluding hydrogens is 425 g/mol. The van der Waals surface area contributed by atoms with Crippen molar-refractivity contribution in [2.24, 2.45) is 4.99 Å². The average Bonchev–Trinajstić information content (AvgIpc) is 3.39. The molecule has 32 heavy (non-hydrogen) atoms. The lowest BCUT2D eigenvalue weighted by Gasteiger charge is -2.08. The summed E-state index contributed by atoms with van der Waals surface area (Å²) in [4.78, 5) is 25.0. The average molecular weight is 444 g/mol. The Kier molecular flexibility index (Phi) is 5.74. The number of carbonyl (C=O) groups is 1. The molecule has 11 heteroatoms. The Labute approximate surface area is 180 Å². The molecule has 0 saturated carbocycles. The van der Waals surface area contributed by atoms with E-state index in [2.05, 4.69) is 25.4 Å². The first-order valence-corrected chi connectivity index (χ1v) is 9.77. The molecule has 0 bridgehead atoms. The quantitative estimate of drug-likeness (QED) is 0.537. The number of ketones is 1. The number of nitrogens with one attached hydrogen (secondary N) is 1. The molecule has 8 nitrogen and oxygen atoms in total. The second-order valence-corrected chi connectivity index (χ2v) is 7.30. The molecule has 1 aliphatic rings. The number of aliphatic imine (C=N–C) groups is 1. The fourth-order valence-electron chi connectivity index (χ4n) is 3.46. The van der Waals surface area contributed by atoms with Crippen LogP contribution in [0.4, 0.5) is 24.7 Å². The number of hydrogen-bond donors (Lipinski definition) is 2. The van der Waals surface area contributed by atoms with Gasteiger partial charge in [0, 0.05) is 37.4 Å². The highest BCUT2D eigenvalue weighted by molar-refractivity contribution is 6.04. The number of benzene rings is 1. The van der Waals surface area contributed by atoms with Crippen molar-refractivity contribution in [1.82, 2.24) is 20.4 Å². The Hall–Kier alpha value is -3.60. The highest BCUT2D eigenvalue weighted by Crippen LogP contribution is 2.36. The zero-order valence-electron chi connectivity index (χ0n) is 17.0. The van der Waals surface area contributed by atoms with E-state index in [0.29, 0.717) is 46.9 Å². The third kappa shape index (κ3) is 4.37. The van der Waals surface area contributed by atoms with Crippen LogP contribution in [0, 0.1) is 0 Å². The van der Waals surface area contributed by atoms with Crippen LogP contribution in [-0.2, 0) is 25.6 Å². The predicted octanol–water partition coefficient (Wildman–Crippen LogP) is 3.28. The fraction of sp³-hybridized carbons (Fsp3) is 0.286. The number of nitrogen functional groups attached to an aromatic ring is 1. The lowest BCUT2D eigenvalue weighted by Crippen LogP contribution is -2.16. The molecule has 0 amide bonds. The SMILES string of the molecule is CNCc1c(N)ncnc1C(=O)CCc1cc(C2=Nc3ccc(C(F)(F)F)cc3C2)on1. The number of alkyl halides is 3. The van der Waals surface area contributed by atoms with Crippen LogP contribution in [0.15, 0.2) is 40.1 Å². The fourth-order valence-corrected chi connectivity index (χ4v) is 3.46. The minimum absolute atomic E-state index is 0.126. The number of fused-ring (bicyclic) bond motifs is 1. The Morgan fingerprint density at radius 1 is 1.25 bits per heavy atom. The number of hydrogen-bond acceptors (Lipinski definition) is 8. The summed E-state index contributed by atoms with van der Waals surface area (Å²) in [6.07, 6.45) is -2.54. The van der Waals surface area contributed by atoms with Crippen LogP contribution < -0.4 is 11.1 Å². The van der Waals surface area contributed by atoms with Gasteiger partial charge in [0.05, 0.1) is 22.7 Å². The minimum atomic E-state index is -4.41. The van der Waals surface area contributed by atoms with Gasteiger partial charge in [-0.1, -0.05) is 5.16 Å². The monoisotopic (exact) mass is 444 g/mol. The molecule has 0 aliphatic carbocycles. The van der Waals surface area contributed by atoms with Gasteiger partial charge in [-0.3, -0.25) is 4.79 Å². The largest absolute Gasteiger partial charge is 0.416 e. The van der Waals surface area contributed by atoms with E-state index in [0.717, 1.165) is 12.1 Å². The van der Waals surface area contributed by atoms with Gasteiger partial charge in [0.1, 0.15) is 17.8 Å². The van der Waals surface area contributed by atoms with Crippen molar-refractivity contribution in [3.8, 4) is 0 Å². The Morgan fingerprint density at radius 2 is 2.06 bits per heavy atom. The summed E-state index contributed by atoms with van der Waals surface area (Å²) in [7, 11) is 1.73. The molecule has 2 aromatic heterocycles. The first kappa shape index (κ1) is 21.6. The summed E-state index contributed by atoms with van der Waals surface area (Å²) < 4.78 is 44.1. The molecule has 1 aromatic carbocycles. The summed E-state index contributed by atoms with van der Waals surface area (Å²) in [6.45, 7) is 0.359. The van der Waals surface area contributed by atoms with Gasteiger partial charge in [-0.05, 0) is 30.8 Å². The van der Waals surface area contributed by atoms with E-state index < -0.39 is 11.7 Å². The van der Waals surface area contributed by atoms with Gasteiger partial charge in [0.15, 0.2) is 11.5 Å². The van der Waals surface area contributed by atoms with Crippen molar-refractivity contribution in [2.45, 2.75) is 32.0 Å². The van der Waals surface area contributed by atoms with Crippen LogP contribution >= 0.6 is 0 Å². The van der Waals surface area contributed by atoms with Gasteiger partial charge in [-0.2, -0.15) is 13.2 Å². The molecule has 0 unspecified atom stereocenters. The number of aromatic nitrogens is 3. The number of anilines is 1. The molecule has 0 saturated heterocycles. The Bertz CT molecular complexity index is 1200. The number of aryl methyl sites for hydroxylation is 1. The molecule has 0 fully saturated rings. The van der Waals surface area contributed by atoms with Gasteiger partial charge in [0.2, 0.25) is 0 Å². The van der Waals surface area contributed by atoms with Crippen molar-refractivity contribution in [2.75, 3.05) is 12.8 Å². The van der Waals surface area contributed by atoms with Crippen LogP contribution in [0.1, 0.15) is 45.1 Å². The maximum absolute atomic E-state index is 12.9. The Morgan fingerprint density at radius 3 is 2.81 bits per heavy atom. The first-order valence-electron chi connectivity index (χ1n) is 9.77. The summed E-state index contributed by atoms with van der Waals surface area (Å²) in [6, 6.07) is 5.09. The van der Waals surface area contributed by atoms with Gasteiger partial charge >= 0.3 is 6.18 Å². The smallest absolute Gasteiger partial charge is 0.383 e. The van der Waals surface area contributed by atoms with Crippen LogP contribution in [0.25, 0.3) is 0 Å². The molecule has 1 aliphatic heterocycles. The zero-order chi connectivity index (χ0) is 22.9. The molecule has 0 atom stereocenters. The number of rotatable bonds is 7. The summed E-state index contributed by atoms with van der Waals surface area (Å²) in [5.41, 5.74) is 7.89. The molecule has 3 aromatic rings. The molecule has 4 rings (SSSR count). The van der Waals surface area contributed by atoms with Gasteiger partial charge in [0.25, 0.3) is 0 Å². The van der Waals surface area contributed by atoms with Crippen molar-refractivity contribution in [3.63, 3.8) is 0 Å². The number of carbonyl (C=O) groups excluding carboxylic acids is 1. The molecule has 3 N–H and O–H groups in total. The molecule has 166 valence electrons. The van der Waals surface area contributed by atoms with Crippen LogP contribution in [0.5, 0.6) is 0 Å². The van der Waals surface area contributed by atoms with Gasteiger partial charge < -0.3 is 15.6 Å². The summed E-state index contributed by atoms with van der Waals surface area (Å²) in [5, 5.41) is 6.90. The second kappa shape index (κ2) is 8.50. The molecule has 0 spiro atoms. The van der Waals surface area contributed by atoms with E-state index in [1.165, 1.54) is 12.4 Å². The lowest BCUT2D eigenvalue weighted by atomic mass is 10.0. The van der Waals surface area contributed by atoms with Crippen LogP contribution in [0.2, 0.25) is 0 Å². The van der Waals surface area contributed by atoms with Crippen molar-refractivity contribution >= 4 is 23.0 Å². The molecule has 3 heterocycles. The third-order valence-corrected chi connectivity index (χ3v) is 5.07. The predicted molar refractivity (Wildman–Crippen MR) is 110 cm³/mol. The van der Waals surface area contributed by atoms with E-state index >= 15 is 0 Å². The van der Waals surface area contributed by atoms with E-state index in [1.807, 2.05) is 0 Å². The molecular formula is C21H19F3N6O2. The Balaban J connectivity index is 1.43. The van der Waals surface area contributed by atoms with E-state index in [9.17, 15) is 18.0 Å². The number of nitrogens with zero attached hydrogens (tertiary/aromatic N) is 4. The van der Waals surface area contributed by atoms with Crippen molar-refractivity contribution in [1.29, 1.82) is 0 Å². The van der Waals surface area contributed by atoms with Crippen molar-refractivity contribution in [3.05, 3.63) is 64.4 Å². The zero-order valence-corrected chi connectivity index (χ0v) is 17.0. The second-order valence-electron chi connectivity index (χ2n) is 7.30. The highest BCUT2D eigenvalue weighted by Gasteiger charge is 2.32. The third-order valence-electron chi connectivity index (χ3n) is 5.07. The van der Waals surface area contributed by atoms with Gasteiger partial charge in [-0.25, -0.2) is 15.0 Å². The minimum Gasteiger partial charge on any atom is -0.383 e. The topological polar surface area (TPSA) is 119 Å². The first-order chi connectivity index (χ1) is 15.3. The number of Topliss-reactive ketones (excluding diaryl/α,β-unsaturated/α-hetero) is 1.